The lowest BCUT2D eigenvalue weighted by Crippen LogP contribution is -2.05. The fraction of sp³-hybridized carbons (Fsp3) is 0.308. The van der Waals surface area contributed by atoms with Crippen LogP contribution in [0, 0.1) is 0 Å². The highest BCUT2D eigenvalue weighted by atomic mass is 35.5. The van der Waals surface area contributed by atoms with Gasteiger partial charge in [0, 0.05) is 11.4 Å². The van der Waals surface area contributed by atoms with E-state index in [0.717, 1.165) is 24.1 Å². The predicted molar refractivity (Wildman–Crippen MR) is 73.4 cm³/mol. The van der Waals surface area contributed by atoms with Crippen molar-refractivity contribution in [3.8, 4) is 0 Å². The summed E-state index contributed by atoms with van der Waals surface area (Å²) in [5.74, 6) is 0.0431. The molecular formula is C13H13ClN2OS. The monoisotopic (exact) mass is 280 g/mol. The van der Waals surface area contributed by atoms with E-state index in [0.29, 0.717) is 16.3 Å². The molecule has 1 heterocycles. The summed E-state index contributed by atoms with van der Waals surface area (Å²) in [6.45, 7) is 2.06. The largest absolute Gasteiger partial charge is 0.293 e. The van der Waals surface area contributed by atoms with E-state index in [9.17, 15) is 4.79 Å². The van der Waals surface area contributed by atoms with Gasteiger partial charge in [-0.15, -0.1) is 5.10 Å². The number of ketones is 1. The molecule has 0 spiro atoms. The first-order valence-corrected chi connectivity index (χ1v) is 6.95. The summed E-state index contributed by atoms with van der Waals surface area (Å²) in [5, 5.41) is 4.63. The molecule has 0 aliphatic heterocycles. The number of carbonyl (C=O) groups is 1. The average Bonchev–Trinajstić information content (AvgIpc) is 2.81. The average molecular weight is 281 g/mol. The van der Waals surface area contributed by atoms with Gasteiger partial charge in [-0.1, -0.05) is 47.6 Å². The summed E-state index contributed by atoms with van der Waals surface area (Å²) >= 11 is 7.22. The van der Waals surface area contributed by atoms with Gasteiger partial charge in [0.15, 0.2) is 5.78 Å². The van der Waals surface area contributed by atoms with E-state index in [2.05, 4.69) is 16.5 Å². The molecule has 0 saturated carbocycles. The first-order valence-electron chi connectivity index (χ1n) is 5.80. The number of hydrogen-bond acceptors (Lipinski definition) is 4. The highest BCUT2D eigenvalue weighted by Gasteiger charge is 2.16. The second-order valence-corrected chi connectivity index (χ2v) is 5.15. The van der Waals surface area contributed by atoms with Gasteiger partial charge in [-0.3, -0.25) is 4.79 Å². The van der Waals surface area contributed by atoms with Crippen LogP contribution in [0.15, 0.2) is 24.3 Å². The number of rotatable bonds is 5. The molecule has 1 aromatic carbocycles. The van der Waals surface area contributed by atoms with Crippen LogP contribution in [-0.2, 0) is 12.8 Å². The molecule has 0 saturated heterocycles. The molecule has 2 rings (SSSR count). The molecule has 1 aromatic heterocycles. The molecule has 94 valence electrons. The summed E-state index contributed by atoms with van der Waals surface area (Å²) in [7, 11) is 0. The Hall–Kier alpha value is -1.26. The summed E-state index contributed by atoms with van der Waals surface area (Å²) in [6.07, 6.45) is 2.05. The Labute approximate surface area is 115 Å². The maximum absolute atomic E-state index is 12.2. The number of aryl methyl sites for hydroxylation is 1. The van der Waals surface area contributed by atoms with Crippen molar-refractivity contribution >= 4 is 28.9 Å². The fourth-order valence-electron chi connectivity index (χ4n) is 1.72. The second kappa shape index (κ2) is 6.07. The highest BCUT2D eigenvalue weighted by molar-refractivity contribution is 7.08. The first-order chi connectivity index (χ1) is 8.72. The van der Waals surface area contributed by atoms with Gasteiger partial charge in [0.2, 0.25) is 0 Å². The van der Waals surface area contributed by atoms with Crippen molar-refractivity contribution in [3.63, 3.8) is 0 Å². The van der Waals surface area contributed by atoms with Crippen LogP contribution in [0.5, 0.6) is 0 Å². The van der Waals surface area contributed by atoms with E-state index in [1.807, 2.05) is 18.2 Å². The number of Topliss-reactive ketones (excluding diaryl/α,β-unsaturated/α-hetero) is 1. The zero-order chi connectivity index (χ0) is 13.0. The third kappa shape index (κ3) is 2.94. The van der Waals surface area contributed by atoms with Crippen LogP contribution >= 0.6 is 23.1 Å². The lowest BCUT2D eigenvalue weighted by atomic mass is 10.1. The normalized spacial score (nSPS) is 10.6. The van der Waals surface area contributed by atoms with Gasteiger partial charge >= 0.3 is 0 Å². The number of nitrogens with zero attached hydrogens (tertiary/aromatic N) is 2. The van der Waals surface area contributed by atoms with Crippen molar-refractivity contribution in [2.45, 2.75) is 26.2 Å². The smallest absolute Gasteiger partial charge is 0.180 e. The third-order valence-electron chi connectivity index (χ3n) is 2.60. The fourth-order valence-corrected chi connectivity index (χ4v) is 2.56. The van der Waals surface area contributed by atoms with E-state index >= 15 is 0 Å². The lowest BCUT2D eigenvalue weighted by Gasteiger charge is -2.02. The number of benzene rings is 1. The Morgan fingerprint density at radius 3 is 2.89 bits per heavy atom. The molecular weight excluding hydrogens is 268 g/mol. The molecule has 0 amide bonds. The summed E-state index contributed by atoms with van der Waals surface area (Å²) in [5.41, 5.74) is 1.65. The van der Waals surface area contributed by atoms with Crippen molar-refractivity contribution in [2.24, 2.45) is 0 Å². The zero-order valence-corrected chi connectivity index (χ0v) is 11.6. The molecule has 0 aliphatic rings. The maximum atomic E-state index is 12.2. The zero-order valence-electron chi connectivity index (χ0n) is 10.0. The number of hydrogen-bond donors (Lipinski definition) is 0. The van der Waals surface area contributed by atoms with Gasteiger partial charge in [0.25, 0.3) is 0 Å². The maximum Gasteiger partial charge on any atom is 0.180 e. The van der Waals surface area contributed by atoms with Crippen LogP contribution in [0.4, 0.5) is 0 Å². The molecule has 0 unspecified atom stereocenters. The van der Waals surface area contributed by atoms with Crippen molar-refractivity contribution in [3.05, 3.63) is 45.4 Å². The van der Waals surface area contributed by atoms with E-state index in [1.165, 1.54) is 11.5 Å². The SMILES string of the molecule is CCCc1nnsc1C(=O)Cc1ccccc1Cl. The molecule has 18 heavy (non-hydrogen) atoms. The van der Waals surface area contributed by atoms with Gasteiger partial charge in [-0.2, -0.15) is 0 Å². The Kier molecular flexibility index (Phi) is 4.44. The summed E-state index contributed by atoms with van der Waals surface area (Å²) < 4.78 is 3.86. The van der Waals surface area contributed by atoms with Gasteiger partial charge in [-0.05, 0) is 29.6 Å². The number of carbonyl (C=O) groups excluding carboxylic acids is 1. The minimum absolute atomic E-state index is 0.0431. The van der Waals surface area contributed by atoms with Crippen molar-refractivity contribution in [2.75, 3.05) is 0 Å². The molecule has 0 atom stereocenters. The number of aromatic nitrogens is 2. The number of halogens is 1. The van der Waals surface area contributed by atoms with Gasteiger partial charge in [-0.25, -0.2) is 0 Å². The van der Waals surface area contributed by atoms with Crippen LogP contribution in [0.3, 0.4) is 0 Å². The van der Waals surface area contributed by atoms with Crippen molar-refractivity contribution in [1.82, 2.24) is 9.59 Å². The third-order valence-corrected chi connectivity index (χ3v) is 3.78. The van der Waals surface area contributed by atoms with Crippen molar-refractivity contribution in [1.29, 1.82) is 0 Å². The topological polar surface area (TPSA) is 42.9 Å². The van der Waals surface area contributed by atoms with E-state index in [4.69, 9.17) is 11.6 Å². The molecule has 0 aliphatic carbocycles. The summed E-state index contributed by atoms with van der Waals surface area (Å²) in [6, 6.07) is 7.40. The van der Waals surface area contributed by atoms with Gasteiger partial charge in [0.1, 0.15) is 4.88 Å². The molecule has 0 fully saturated rings. The molecule has 0 bridgehead atoms. The molecule has 0 N–H and O–H groups in total. The minimum atomic E-state index is 0.0431. The predicted octanol–water partition coefficient (Wildman–Crippen LogP) is 3.57. The van der Waals surface area contributed by atoms with E-state index in [-0.39, 0.29) is 5.78 Å². The molecule has 3 nitrogen and oxygen atoms in total. The van der Waals surface area contributed by atoms with E-state index in [1.54, 1.807) is 6.07 Å². The van der Waals surface area contributed by atoms with Crippen LogP contribution in [0.2, 0.25) is 5.02 Å². The Bertz CT molecular complexity index is 553. The van der Waals surface area contributed by atoms with Gasteiger partial charge < -0.3 is 0 Å². The van der Waals surface area contributed by atoms with Crippen LogP contribution in [-0.4, -0.2) is 15.4 Å². The van der Waals surface area contributed by atoms with Crippen molar-refractivity contribution < 1.29 is 4.79 Å². The standard InChI is InChI=1S/C13H13ClN2OS/c1-2-5-11-13(18-16-15-11)12(17)8-9-6-3-4-7-10(9)14/h3-4,6-7H,2,5,8H2,1H3. The lowest BCUT2D eigenvalue weighted by molar-refractivity contribution is 0.0996. The van der Waals surface area contributed by atoms with Gasteiger partial charge in [0.05, 0.1) is 5.69 Å². The second-order valence-electron chi connectivity index (χ2n) is 3.99. The molecule has 0 radical (unpaired) electrons. The van der Waals surface area contributed by atoms with Crippen LogP contribution < -0.4 is 0 Å². The summed E-state index contributed by atoms with van der Waals surface area (Å²) in [4.78, 5) is 12.9. The Balaban J connectivity index is 2.17. The van der Waals surface area contributed by atoms with Crippen LogP contribution in [0.1, 0.15) is 34.3 Å². The molecule has 5 heteroatoms. The minimum Gasteiger partial charge on any atom is -0.293 e. The Morgan fingerprint density at radius 2 is 2.17 bits per heavy atom. The quantitative estimate of drug-likeness (QED) is 0.787. The molecule has 2 aromatic rings. The highest BCUT2D eigenvalue weighted by Crippen LogP contribution is 2.20. The van der Waals surface area contributed by atoms with E-state index < -0.39 is 0 Å². The first kappa shape index (κ1) is 13.2. The van der Waals surface area contributed by atoms with Crippen LogP contribution in [0.25, 0.3) is 0 Å². The Morgan fingerprint density at radius 1 is 1.39 bits per heavy atom.